The van der Waals surface area contributed by atoms with Crippen molar-refractivity contribution in [1.82, 2.24) is 20.2 Å². The molecule has 0 unspecified atom stereocenters. The summed E-state index contributed by atoms with van der Waals surface area (Å²) in [5, 5.41) is 23.3. The molecule has 1 fully saturated rings. The standard InChI is InChI=1S/C44H46Cl2N4O8S/c1-44(2,43(52)53)48-23-29-21-38(45)42(49-41(29)57-26-27-20-32(24-47-22-27)59(3,54)55)58-39-15-14-35-34(7-5-8-36(35)39)37-9-4-6-33(40(37)46)28-10-12-31(13-11-28)56-19-18-50-17-16-30(51)25-50/h4-13,20-22,24,30,39,48,51H,14-19,23,25-26H2,1-3H3,(H,52,53)/t30-,39+/m1/s1. The molecule has 3 aromatic carbocycles. The molecule has 59 heavy (non-hydrogen) atoms. The number of rotatable bonds is 16. The summed E-state index contributed by atoms with van der Waals surface area (Å²) in [7, 11) is -3.50. The van der Waals surface area contributed by atoms with Gasteiger partial charge < -0.3 is 24.4 Å². The van der Waals surface area contributed by atoms with Gasteiger partial charge in [-0.25, -0.2) is 8.42 Å². The number of carbonyl (C=O) groups is 1. The number of hydrogen-bond donors (Lipinski definition) is 3. The lowest BCUT2D eigenvalue weighted by Crippen LogP contribution is -2.46. The fourth-order valence-corrected chi connectivity index (χ4v) is 8.42. The minimum absolute atomic E-state index is 0.0515. The molecule has 15 heteroatoms. The van der Waals surface area contributed by atoms with E-state index < -0.39 is 27.4 Å². The van der Waals surface area contributed by atoms with Crippen LogP contribution in [0.5, 0.6) is 17.5 Å². The number of benzene rings is 3. The Balaban J connectivity index is 1.10. The van der Waals surface area contributed by atoms with Crippen LogP contribution < -0.4 is 19.5 Å². The normalized spacial score (nSPS) is 16.8. The number of ether oxygens (including phenoxy) is 3. The summed E-state index contributed by atoms with van der Waals surface area (Å²) in [6.07, 6.45) is 5.40. The molecule has 0 amide bonds. The zero-order valence-electron chi connectivity index (χ0n) is 33.0. The Labute approximate surface area is 354 Å². The number of pyridine rings is 2. The first kappa shape index (κ1) is 42.4. The number of hydrogen-bond acceptors (Lipinski definition) is 11. The van der Waals surface area contributed by atoms with Gasteiger partial charge in [0.2, 0.25) is 11.8 Å². The molecule has 0 spiro atoms. The van der Waals surface area contributed by atoms with Gasteiger partial charge in [0.25, 0.3) is 0 Å². The van der Waals surface area contributed by atoms with Gasteiger partial charge in [-0.1, -0.05) is 71.7 Å². The Hall–Kier alpha value is -4.76. The smallest absolute Gasteiger partial charge is 0.323 e. The van der Waals surface area contributed by atoms with Gasteiger partial charge in [0.15, 0.2) is 9.84 Å². The molecule has 5 aromatic rings. The fraction of sp³-hybridized carbons (Fsp3) is 0.341. The van der Waals surface area contributed by atoms with Gasteiger partial charge in [-0.3, -0.25) is 20.0 Å². The van der Waals surface area contributed by atoms with E-state index in [1.165, 1.54) is 18.5 Å². The Morgan fingerprint density at radius 2 is 1.71 bits per heavy atom. The summed E-state index contributed by atoms with van der Waals surface area (Å²) in [6, 6.07) is 23.1. The third kappa shape index (κ3) is 10.00. The highest BCUT2D eigenvalue weighted by Gasteiger charge is 2.30. The lowest BCUT2D eigenvalue weighted by Gasteiger charge is -2.23. The second-order valence-corrected chi connectivity index (χ2v) is 18.2. The highest BCUT2D eigenvalue weighted by atomic mass is 35.5. The van der Waals surface area contributed by atoms with Crippen molar-refractivity contribution in [1.29, 1.82) is 0 Å². The Bertz CT molecular complexity index is 2450. The van der Waals surface area contributed by atoms with Crippen molar-refractivity contribution in [2.45, 2.75) is 68.9 Å². The molecule has 1 saturated heterocycles. The van der Waals surface area contributed by atoms with Crippen LogP contribution in [0.1, 0.15) is 55.0 Å². The number of aliphatic carboxylic acids is 1. The highest BCUT2D eigenvalue weighted by molar-refractivity contribution is 7.90. The van der Waals surface area contributed by atoms with Crippen molar-refractivity contribution in [3.05, 3.63) is 117 Å². The molecule has 2 atom stereocenters. The summed E-state index contributed by atoms with van der Waals surface area (Å²) >= 11 is 14.0. The molecule has 3 N–H and O–H groups in total. The van der Waals surface area contributed by atoms with Gasteiger partial charge in [-0.05, 0) is 79.6 Å². The molecule has 0 radical (unpaired) electrons. The number of carboxylic acids is 1. The lowest BCUT2D eigenvalue weighted by atomic mass is 9.94. The highest BCUT2D eigenvalue weighted by Crippen LogP contribution is 2.45. The summed E-state index contributed by atoms with van der Waals surface area (Å²) in [5.41, 5.74) is 5.56. The van der Waals surface area contributed by atoms with Crippen molar-refractivity contribution in [3.63, 3.8) is 0 Å². The van der Waals surface area contributed by atoms with Crippen LogP contribution in [0.2, 0.25) is 10.0 Å². The number of fused-ring (bicyclic) bond motifs is 1. The van der Waals surface area contributed by atoms with Crippen LogP contribution in [0.4, 0.5) is 0 Å². The minimum atomic E-state index is -3.50. The molecule has 7 rings (SSSR count). The van der Waals surface area contributed by atoms with E-state index in [4.69, 9.17) is 37.4 Å². The molecule has 0 saturated carbocycles. The van der Waals surface area contributed by atoms with Gasteiger partial charge in [0, 0.05) is 67.1 Å². The monoisotopic (exact) mass is 860 g/mol. The van der Waals surface area contributed by atoms with Gasteiger partial charge >= 0.3 is 5.97 Å². The molecule has 310 valence electrons. The van der Waals surface area contributed by atoms with Crippen LogP contribution in [-0.4, -0.2) is 83.6 Å². The second-order valence-electron chi connectivity index (χ2n) is 15.4. The number of carboxylic acid groups (broad SMARTS) is 1. The van der Waals surface area contributed by atoms with Crippen LogP contribution in [0.15, 0.2) is 90.1 Å². The predicted molar refractivity (Wildman–Crippen MR) is 226 cm³/mol. The number of nitrogens with one attached hydrogen (secondary N) is 1. The average Bonchev–Trinajstić information content (AvgIpc) is 3.83. The minimum Gasteiger partial charge on any atom is -0.492 e. The largest absolute Gasteiger partial charge is 0.492 e. The topological polar surface area (TPSA) is 160 Å². The number of sulfone groups is 1. The number of aromatic nitrogens is 2. The number of aliphatic hydroxyl groups is 1. The van der Waals surface area contributed by atoms with E-state index in [0.29, 0.717) is 35.7 Å². The quantitative estimate of drug-likeness (QED) is 0.0895. The van der Waals surface area contributed by atoms with E-state index in [0.717, 1.165) is 71.3 Å². The molecular weight excluding hydrogens is 815 g/mol. The molecule has 1 aliphatic heterocycles. The number of aliphatic hydroxyl groups excluding tert-OH is 1. The average molecular weight is 862 g/mol. The molecule has 2 aromatic heterocycles. The van der Waals surface area contributed by atoms with E-state index in [9.17, 15) is 23.4 Å². The van der Waals surface area contributed by atoms with Crippen molar-refractivity contribution in [3.8, 4) is 39.8 Å². The van der Waals surface area contributed by atoms with E-state index in [1.54, 1.807) is 19.9 Å². The van der Waals surface area contributed by atoms with Crippen molar-refractivity contribution >= 4 is 39.0 Å². The molecule has 3 heterocycles. The Morgan fingerprint density at radius 3 is 2.44 bits per heavy atom. The molecule has 1 aliphatic carbocycles. The van der Waals surface area contributed by atoms with E-state index in [2.05, 4.69) is 26.3 Å². The van der Waals surface area contributed by atoms with Gasteiger partial charge in [-0.15, -0.1) is 0 Å². The van der Waals surface area contributed by atoms with Gasteiger partial charge in [0.1, 0.15) is 35.6 Å². The second kappa shape index (κ2) is 17.8. The number of likely N-dealkylation sites (tertiary alicyclic amines) is 1. The Morgan fingerprint density at radius 1 is 0.966 bits per heavy atom. The van der Waals surface area contributed by atoms with E-state index in [1.807, 2.05) is 54.6 Å². The van der Waals surface area contributed by atoms with Crippen LogP contribution in [0.25, 0.3) is 22.3 Å². The zero-order valence-corrected chi connectivity index (χ0v) is 35.3. The summed E-state index contributed by atoms with van der Waals surface area (Å²) in [4.78, 5) is 22.8. The maximum atomic E-state index is 12.2. The third-order valence-electron chi connectivity index (χ3n) is 10.7. The molecule has 12 nitrogen and oxygen atoms in total. The van der Waals surface area contributed by atoms with Crippen molar-refractivity contribution in [2.75, 3.05) is 32.5 Å². The summed E-state index contributed by atoms with van der Waals surface area (Å²) < 4.78 is 42.9. The molecular formula is C44H46Cl2N4O8S. The summed E-state index contributed by atoms with van der Waals surface area (Å²) in [6.45, 7) is 5.95. The first-order valence-electron chi connectivity index (χ1n) is 19.3. The Kier molecular flexibility index (Phi) is 12.8. The first-order chi connectivity index (χ1) is 28.2. The predicted octanol–water partition coefficient (Wildman–Crippen LogP) is 7.56. The van der Waals surface area contributed by atoms with E-state index in [-0.39, 0.29) is 40.9 Å². The molecule has 0 bridgehead atoms. The van der Waals surface area contributed by atoms with Crippen LogP contribution >= 0.6 is 23.2 Å². The van der Waals surface area contributed by atoms with Crippen LogP contribution in [0.3, 0.4) is 0 Å². The number of halogens is 2. The maximum absolute atomic E-state index is 12.2. The van der Waals surface area contributed by atoms with Crippen LogP contribution in [-0.2, 0) is 34.2 Å². The van der Waals surface area contributed by atoms with Gasteiger partial charge in [0.05, 0.1) is 16.0 Å². The van der Waals surface area contributed by atoms with E-state index >= 15 is 0 Å². The SMILES string of the molecule is CC(C)(NCc1cc(Cl)c(O[C@H]2CCc3c(-c4cccc(-c5ccc(OCCN6CC[C@@H](O)C6)cc5)c4Cl)cccc32)nc1OCc1cncc(S(C)(=O)=O)c1)C(=O)O. The first-order valence-corrected chi connectivity index (χ1v) is 22.0. The summed E-state index contributed by atoms with van der Waals surface area (Å²) in [5.74, 6) is 0.00448. The van der Waals surface area contributed by atoms with Crippen LogP contribution in [0, 0.1) is 0 Å². The van der Waals surface area contributed by atoms with Crippen molar-refractivity contribution < 1.29 is 37.6 Å². The zero-order chi connectivity index (χ0) is 41.9. The fourth-order valence-electron chi connectivity index (χ4n) is 7.24. The van der Waals surface area contributed by atoms with Crippen molar-refractivity contribution in [2.24, 2.45) is 0 Å². The van der Waals surface area contributed by atoms with Gasteiger partial charge in [-0.2, -0.15) is 4.98 Å². The lowest BCUT2D eigenvalue weighted by molar-refractivity contribution is -0.143. The molecule has 2 aliphatic rings. The third-order valence-corrected chi connectivity index (χ3v) is 12.4. The number of β-amino-alcohol motifs (C(OH)–C–C–N with tert-alkyl or cyclic N) is 1. The number of nitrogens with zero attached hydrogens (tertiary/aromatic N) is 3. The maximum Gasteiger partial charge on any atom is 0.323 e.